The molecule has 0 aliphatic heterocycles. The molecular weight excluding hydrogens is 334 g/mol. The molecule has 0 unspecified atom stereocenters. The van der Waals surface area contributed by atoms with Gasteiger partial charge >= 0.3 is 0 Å². The molecule has 0 aromatic heterocycles. The Bertz CT molecular complexity index is 961. The van der Waals surface area contributed by atoms with Crippen molar-refractivity contribution in [3.8, 4) is 5.75 Å². The Morgan fingerprint density at radius 1 is 0.880 bits per heavy atom. The predicted octanol–water partition coefficient (Wildman–Crippen LogP) is 3.81. The van der Waals surface area contributed by atoms with Crippen LogP contribution in [0.1, 0.15) is 5.56 Å². The molecule has 5 heteroatoms. The van der Waals surface area contributed by atoms with Crippen LogP contribution in [-0.4, -0.2) is 21.6 Å². The quantitative estimate of drug-likeness (QED) is 0.657. The maximum atomic E-state index is 12.0. The van der Waals surface area contributed by atoms with Gasteiger partial charge in [0.2, 0.25) is 10.0 Å². The van der Waals surface area contributed by atoms with E-state index in [1.54, 1.807) is 6.08 Å². The van der Waals surface area contributed by atoms with E-state index in [0.717, 1.165) is 22.1 Å². The van der Waals surface area contributed by atoms with Gasteiger partial charge < -0.3 is 4.74 Å². The van der Waals surface area contributed by atoms with Crippen molar-refractivity contribution in [2.24, 2.45) is 0 Å². The third-order valence-corrected chi connectivity index (χ3v) is 4.75. The molecule has 1 N–H and O–H groups in total. The molecule has 0 fully saturated rings. The molecule has 3 aromatic carbocycles. The Labute approximate surface area is 147 Å². The fourth-order valence-corrected chi connectivity index (χ4v) is 3.25. The molecule has 0 heterocycles. The molecule has 0 saturated carbocycles. The van der Waals surface area contributed by atoms with Crippen LogP contribution in [0.3, 0.4) is 0 Å². The van der Waals surface area contributed by atoms with E-state index in [4.69, 9.17) is 4.74 Å². The SMILES string of the molecule is O=S(=O)(/C=C/c1ccccc1)NCCOc1cccc2ccccc12. The monoisotopic (exact) mass is 353 g/mol. The summed E-state index contributed by atoms with van der Waals surface area (Å²) in [6.45, 7) is 0.455. The van der Waals surface area contributed by atoms with Crippen LogP contribution in [0.4, 0.5) is 0 Å². The molecule has 0 amide bonds. The van der Waals surface area contributed by atoms with Crippen LogP contribution >= 0.6 is 0 Å². The highest BCUT2D eigenvalue weighted by Gasteiger charge is 2.05. The van der Waals surface area contributed by atoms with Crippen LogP contribution in [0.25, 0.3) is 16.8 Å². The summed E-state index contributed by atoms with van der Waals surface area (Å²) in [5, 5.41) is 3.27. The van der Waals surface area contributed by atoms with Gasteiger partial charge in [-0.1, -0.05) is 66.7 Å². The van der Waals surface area contributed by atoms with Gasteiger partial charge in [-0.15, -0.1) is 0 Å². The summed E-state index contributed by atoms with van der Waals surface area (Å²) in [5.74, 6) is 0.747. The molecule has 0 bridgehead atoms. The molecule has 3 aromatic rings. The van der Waals surface area contributed by atoms with Crippen LogP contribution in [0.2, 0.25) is 0 Å². The van der Waals surface area contributed by atoms with Crippen molar-refractivity contribution in [3.05, 3.63) is 83.8 Å². The van der Waals surface area contributed by atoms with Crippen molar-refractivity contribution in [1.82, 2.24) is 4.72 Å². The number of benzene rings is 3. The molecule has 0 saturated heterocycles. The van der Waals surface area contributed by atoms with Gasteiger partial charge in [0, 0.05) is 17.3 Å². The van der Waals surface area contributed by atoms with E-state index in [1.165, 1.54) is 5.41 Å². The lowest BCUT2D eigenvalue weighted by Gasteiger charge is -2.09. The van der Waals surface area contributed by atoms with Gasteiger partial charge in [0.1, 0.15) is 12.4 Å². The lowest BCUT2D eigenvalue weighted by Crippen LogP contribution is -2.26. The second-order valence-corrected chi connectivity index (χ2v) is 7.13. The van der Waals surface area contributed by atoms with E-state index in [1.807, 2.05) is 72.8 Å². The van der Waals surface area contributed by atoms with Gasteiger partial charge in [0.05, 0.1) is 0 Å². The van der Waals surface area contributed by atoms with E-state index >= 15 is 0 Å². The molecular formula is C20H19NO3S. The Balaban J connectivity index is 1.55. The zero-order chi connectivity index (χ0) is 17.5. The molecule has 0 atom stereocenters. The summed E-state index contributed by atoms with van der Waals surface area (Å²) in [6, 6.07) is 23.0. The molecule has 0 spiro atoms. The van der Waals surface area contributed by atoms with Crippen LogP contribution in [0.5, 0.6) is 5.75 Å². The van der Waals surface area contributed by atoms with E-state index in [9.17, 15) is 8.42 Å². The van der Waals surface area contributed by atoms with Crippen molar-refractivity contribution in [1.29, 1.82) is 0 Å². The number of sulfonamides is 1. The molecule has 4 nitrogen and oxygen atoms in total. The van der Waals surface area contributed by atoms with E-state index in [2.05, 4.69) is 4.72 Å². The van der Waals surface area contributed by atoms with Crippen molar-refractivity contribution in [3.63, 3.8) is 0 Å². The Kier molecular flexibility index (Phi) is 5.48. The second kappa shape index (κ2) is 7.96. The van der Waals surface area contributed by atoms with E-state index < -0.39 is 10.0 Å². The van der Waals surface area contributed by atoms with Gasteiger partial charge in [0.15, 0.2) is 0 Å². The first-order valence-electron chi connectivity index (χ1n) is 7.97. The van der Waals surface area contributed by atoms with Crippen LogP contribution < -0.4 is 9.46 Å². The third kappa shape index (κ3) is 4.92. The molecule has 128 valence electrons. The normalized spacial score (nSPS) is 11.8. The number of hydrogen-bond donors (Lipinski definition) is 1. The number of nitrogens with one attached hydrogen (secondary N) is 1. The highest BCUT2D eigenvalue weighted by atomic mass is 32.2. The van der Waals surface area contributed by atoms with Crippen LogP contribution in [0.15, 0.2) is 78.2 Å². The summed E-state index contributed by atoms with van der Waals surface area (Å²) in [4.78, 5) is 0. The molecule has 3 rings (SSSR count). The second-order valence-electron chi connectivity index (χ2n) is 5.48. The standard InChI is InChI=1S/C20H19NO3S/c22-25(23,16-13-17-7-2-1-3-8-17)21-14-15-24-20-12-6-10-18-9-4-5-11-19(18)20/h1-13,16,21H,14-15H2/b16-13+. The molecule has 0 aliphatic rings. The Morgan fingerprint density at radius 3 is 2.44 bits per heavy atom. The zero-order valence-electron chi connectivity index (χ0n) is 13.6. The Morgan fingerprint density at radius 2 is 1.60 bits per heavy atom. The summed E-state index contributed by atoms with van der Waals surface area (Å²) in [7, 11) is -3.49. The van der Waals surface area contributed by atoms with Crippen molar-refractivity contribution in [2.75, 3.05) is 13.2 Å². The molecule has 25 heavy (non-hydrogen) atoms. The minimum atomic E-state index is -3.49. The predicted molar refractivity (Wildman–Crippen MR) is 102 cm³/mol. The van der Waals surface area contributed by atoms with Crippen molar-refractivity contribution in [2.45, 2.75) is 0 Å². The fraction of sp³-hybridized carbons (Fsp3) is 0.100. The van der Waals surface area contributed by atoms with Gasteiger partial charge in [-0.2, -0.15) is 0 Å². The highest BCUT2D eigenvalue weighted by Crippen LogP contribution is 2.24. The maximum Gasteiger partial charge on any atom is 0.233 e. The number of hydrogen-bond acceptors (Lipinski definition) is 3. The maximum absolute atomic E-state index is 12.0. The Hall–Kier alpha value is -2.63. The zero-order valence-corrected chi connectivity index (χ0v) is 14.4. The summed E-state index contributed by atoms with van der Waals surface area (Å²) in [6.07, 6.45) is 1.56. The fourth-order valence-electron chi connectivity index (χ4n) is 2.45. The van der Waals surface area contributed by atoms with Gasteiger partial charge in [0.25, 0.3) is 0 Å². The largest absolute Gasteiger partial charge is 0.492 e. The van der Waals surface area contributed by atoms with Crippen molar-refractivity contribution < 1.29 is 13.2 Å². The minimum Gasteiger partial charge on any atom is -0.492 e. The number of ether oxygens (including phenoxy) is 1. The first kappa shape index (κ1) is 17.2. The van der Waals surface area contributed by atoms with Gasteiger partial charge in [-0.3, -0.25) is 0 Å². The topological polar surface area (TPSA) is 55.4 Å². The first-order valence-corrected chi connectivity index (χ1v) is 9.52. The summed E-state index contributed by atoms with van der Waals surface area (Å²) in [5.41, 5.74) is 0.833. The highest BCUT2D eigenvalue weighted by molar-refractivity contribution is 7.92. The summed E-state index contributed by atoms with van der Waals surface area (Å²) < 4.78 is 32.2. The minimum absolute atomic E-state index is 0.199. The molecule has 0 radical (unpaired) electrons. The van der Waals surface area contributed by atoms with E-state index in [-0.39, 0.29) is 13.2 Å². The first-order chi connectivity index (χ1) is 12.1. The average molecular weight is 353 g/mol. The van der Waals surface area contributed by atoms with E-state index in [0.29, 0.717) is 0 Å². The number of fused-ring (bicyclic) bond motifs is 1. The van der Waals surface area contributed by atoms with Gasteiger partial charge in [-0.25, -0.2) is 13.1 Å². The van der Waals surface area contributed by atoms with Gasteiger partial charge in [-0.05, 0) is 23.1 Å². The lowest BCUT2D eigenvalue weighted by molar-refractivity contribution is 0.327. The van der Waals surface area contributed by atoms with Crippen LogP contribution in [0, 0.1) is 0 Å². The van der Waals surface area contributed by atoms with Crippen LogP contribution in [-0.2, 0) is 10.0 Å². The smallest absolute Gasteiger partial charge is 0.233 e. The molecule has 0 aliphatic carbocycles. The average Bonchev–Trinajstić information content (AvgIpc) is 2.65. The lowest BCUT2D eigenvalue weighted by atomic mass is 10.1. The summed E-state index contributed by atoms with van der Waals surface area (Å²) >= 11 is 0. The third-order valence-electron chi connectivity index (χ3n) is 3.65. The number of rotatable bonds is 7. The van der Waals surface area contributed by atoms with Crippen molar-refractivity contribution >= 4 is 26.9 Å².